The van der Waals surface area contributed by atoms with Crippen LogP contribution in [0.4, 0.5) is 0 Å². The molecule has 0 bridgehead atoms. The number of aryl methyl sites for hydroxylation is 1. The fourth-order valence-electron chi connectivity index (χ4n) is 3.24. The van der Waals surface area contributed by atoms with Gasteiger partial charge in [0.05, 0.1) is 0 Å². The van der Waals surface area contributed by atoms with Crippen LogP contribution in [0.25, 0.3) is 0 Å². The van der Waals surface area contributed by atoms with E-state index in [1.54, 1.807) is 5.57 Å². The molecule has 0 spiro atoms. The Morgan fingerprint density at radius 3 is 2.79 bits per heavy atom. The minimum absolute atomic E-state index is 0.446. The lowest BCUT2D eigenvalue weighted by molar-refractivity contribution is 0.366. The van der Waals surface area contributed by atoms with Crippen molar-refractivity contribution in [2.45, 2.75) is 46.6 Å². The Bertz CT molecular complexity index is 447. The Hall–Kier alpha value is -1.08. The van der Waals surface area contributed by atoms with Gasteiger partial charge < -0.3 is 5.32 Å². The van der Waals surface area contributed by atoms with Crippen molar-refractivity contribution in [1.82, 2.24) is 5.32 Å². The van der Waals surface area contributed by atoms with Crippen LogP contribution in [0.3, 0.4) is 0 Å². The van der Waals surface area contributed by atoms with Crippen molar-refractivity contribution in [2.75, 3.05) is 6.54 Å². The van der Waals surface area contributed by atoms with Crippen LogP contribution >= 0.6 is 0 Å². The van der Waals surface area contributed by atoms with Gasteiger partial charge in [-0.15, -0.1) is 0 Å². The van der Waals surface area contributed by atoms with Crippen molar-refractivity contribution in [3.05, 3.63) is 47.0 Å². The monoisotopic (exact) mass is 257 g/mol. The van der Waals surface area contributed by atoms with E-state index in [9.17, 15) is 0 Å². The molecule has 0 amide bonds. The smallest absolute Gasteiger partial charge is 0.0292 e. The fourth-order valence-corrected chi connectivity index (χ4v) is 3.24. The molecule has 1 nitrogen and oxygen atoms in total. The van der Waals surface area contributed by atoms with Gasteiger partial charge in [0.25, 0.3) is 0 Å². The lowest BCUT2D eigenvalue weighted by atomic mass is 9.83. The average molecular weight is 257 g/mol. The van der Waals surface area contributed by atoms with Crippen LogP contribution in [-0.2, 0) is 0 Å². The third kappa shape index (κ3) is 4.21. The van der Waals surface area contributed by atoms with E-state index in [-0.39, 0.29) is 0 Å². The summed E-state index contributed by atoms with van der Waals surface area (Å²) in [6, 6.07) is 9.26. The molecular formula is C18H27N. The van der Waals surface area contributed by atoms with Gasteiger partial charge in [-0.1, -0.05) is 48.4 Å². The Balaban J connectivity index is 1.87. The zero-order valence-electron chi connectivity index (χ0n) is 12.7. The summed E-state index contributed by atoms with van der Waals surface area (Å²) in [6.07, 6.45) is 5.02. The zero-order valence-corrected chi connectivity index (χ0v) is 12.7. The Kier molecular flexibility index (Phi) is 4.81. The predicted octanol–water partition coefficient (Wildman–Crippen LogP) is 4.64. The molecule has 0 saturated heterocycles. The van der Waals surface area contributed by atoms with Crippen LogP contribution in [0.1, 0.15) is 50.8 Å². The maximum Gasteiger partial charge on any atom is 0.0292 e. The summed E-state index contributed by atoms with van der Waals surface area (Å²) in [7, 11) is 0. The van der Waals surface area contributed by atoms with Gasteiger partial charge >= 0.3 is 0 Å². The second kappa shape index (κ2) is 6.38. The standard InChI is InChI=1S/C18H27N/c1-13-6-5-7-18(11-13)16(4)19-12-17-9-14(2)8-15(3)10-17/h5-8,11,14,16-17,19H,9-10,12H2,1-4H3/t14?,16-,17?/m1/s1. The first-order valence-corrected chi connectivity index (χ1v) is 7.52. The van der Waals surface area contributed by atoms with Crippen molar-refractivity contribution in [2.24, 2.45) is 11.8 Å². The molecular weight excluding hydrogens is 230 g/mol. The molecule has 0 aliphatic heterocycles. The third-order valence-electron chi connectivity index (χ3n) is 4.14. The highest BCUT2D eigenvalue weighted by Gasteiger charge is 2.18. The van der Waals surface area contributed by atoms with E-state index in [1.165, 1.54) is 24.0 Å². The number of hydrogen-bond acceptors (Lipinski definition) is 1. The normalized spacial score (nSPS) is 24.9. The zero-order chi connectivity index (χ0) is 13.8. The molecule has 104 valence electrons. The lowest BCUT2D eigenvalue weighted by Gasteiger charge is -2.27. The van der Waals surface area contributed by atoms with Gasteiger partial charge in [0.2, 0.25) is 0 Å². The Morgan fingerprint density at radius 1 is 1.32 bits per heavy atom. The van der Waals surface area contributed by atoms with E-state index in [4.69, 9.17) is 0 Å². The molecule has 1 aromatic rings. The molecule has 0 radical (unpaired) electrons. The summed E-state index contributed by atoms with van der Waals surface area (Å²) < 4.78 is 0. The van der Waals surface area contributed by atoms with Crippen LogP contribution < -0.4 is 5.32 Å². The Labute approximate surface area is 118 Å². The molecule has 1 aliphatic rings. The second-order valence-electron chi connectivity index (χ2n) is 6.34. The van der Waals surface area contributed by atoms with Crippen LogP contribution in [0.2, 0.25) is 0 Å². The third-order valence-corrected chi connectivity index (χ3v) is 4.14. The molecule has 19 heavy (non-hydrogen) atoms. The second-order valence-corrected chi connectivity index (χ2v) is 6.34. The topological polar surface area (TPSA) is 12.0 Å². The van der Waals surface area contributed by atoms with E-state index >= 15 is 0 Å². The van der Waals surface area contributed by atoms with Gasteiger partial charge in [-0.25, -0.2) is 0 Å². The minimum atomic E-state index is 0.446. The molecule has 1 aromatic carbocycles. The van der Waals surface area contributed by atoms with Gasteiger partial charge in [0.15, 0.2) is 0 Å². The molecule has 1 aliphatic carbocycles. The van der Waals surface area contributed by atoms with Crippen LogP contribution in [0, 0.1) is 18.8 Å². The number of hydrogen-bond donors (Lipinski definition) is 1. The summed E-state index contributed by atoms with van der Waals surface area (Å²) in [6.45, 7) is 10.2. The van der Waals surface area contributed by atoms with Gasteiger partial charge in [-0.2, -0.15) is 0 Å². The summed E-state index contributed by atoms with van der Waals surface area (Å²) in [5.74, 6) is 1.54. The van der Waals surface area contributed by atoms with Gasteiger partial charge in [-0.05, 0) is 57.6 Å². The predicted molar refractivity (Wildman–Crippen MR) is 83.2 cm³/mol. The minimum Gasteiger partial charge on any atom is -0.310 e. The molecule has 1 N–H and O–H groups in total. The molecule has 2 rings (SSSR count). The first kappa shape index (κ1) is 14.3. The molecule has 2 unspecified atom stereocenters. The largest absolute Gasteiger partial charge is 0.310 e. The van der Waals surface area contributed by atoms with Gasteiger partial charge in [-0.3, -0.25) is 0 Å². The van der Waals surface area contributed by atoms with E-state index in [2.05, 4.69) is 63.4 Å². The van der Waals surface area contributed by atoms with Crippen LogP contribution in [-0.4, -0.2) is 6.54 Å². The van der Waals surface area contributed by atoms with Gasteiger partial charge in [0, 0.05) is 6.04 Å². The number of benzene rings is 1. The SMILES string of the molecule is CC1=CC(C)CC(CN[C@H](C)c2cccc(C)c2)C1. The molecule has 3 atom stereocenters. The summed E-state index contributed by atoms with van der Waals surface area (Å²) in [4.78, 5) is 0. The molecule has 0 aromatic heterocycles. The fraction of sp³-hybridized carbons (Fsp3) is 0.556. The lowest BCUT2D eigenvalue weighted by Crippen LogP contribution is -2.28. The quantitative estimate of drug-likeness (QED) is 0.775. The van der Waals surface area contributed by atoms with Crippen molar-refractivity contribution < 1.29 is 0 Å². The number of allylic oxidation sites excluding steroid dienone is 2. The van der Waals surface area contributed by atoms with Crippen molar-refractivity contribution in [3.8, 4) is 0 Å². The summed E-state index contributed by atoms with van der Waals surface area (Å²) >= 11 is 0. The van der Waals surface area contributed by atoms with E-state index in [0.717, 1.165) is 18.4 Å². The maximum absolute atomic E-state index is 3.71. The average Bonchev–Trinajstić information content (AvgIpc) is 2.35. The number of rotatable bonds is 4. The summed E-state index contributed by atoms with van der Waals surface area (Å²) in [5.41, 5.74) is 4.31. The highest BCUT2D eigenvalue weighted by molar-refractivity contribution is 5.24. The highest BCUT2D eigenvalue weighted by Crippen LogP contribution is 2.27. The molecule has 1 heteroatoms. The van der Waals surface area contributed by atoms with E-state index in [1.807, 2.05) is 0 Å². The molecule has 0 fully saturated rings. The van der Waals surface area contributed by atoms with Crippen molar-refractivity contribution >= 4 is 0 Å². The maximum atomic E-state index is 3.71. The van der Waals surface area contributed by atoms with Crippen molar-refractivity contribution in [3.63, 3.8) is 0 Å². The van der Waals surface area contributed by atoms with Crippen molar-refractivity contribution in [1.29, 1.82) is 0 Å². The first-order chi connectivity index (χ1) is 9.04. The summed E-state index contributed by atoms with van der Waals surface area (Å²) in [5, 5.41) is 3.71. The van der Waals surface area contributed by atoms with Crippen LogP contribution in [0.5, 0.6) is 0 Å². The van der Waals surface area contributed by atoms with Gasteiger partial charge in [0.1, 0.15) is 0 Å². The highest BCUT2D eigenvalue weighted by atomic mass is 14.9. The van der Waals surface area contributed by atoms with Crippen LogP contribution in [0.15, 0.2) is 35.9 Å². The Morgan fingerprint density at radius 2 is 2.11 bits per heavy atom. The van der Waals surface area contributed by atoms with E-state index in [0.29, 0.717) is 6.04 Å². The van der Waals surface area contributed by atoms with E-state index < -0.39 is 0 Å². The first-order valence-electron chi connectivity index (χ1n) is 7.52. The molecule has 0 heterocycles. The number of nitrogens with one attached hydrogen (secondary N) is 1. The molecule has 0 saturated carbocycles.